The number of hydrogen-bond donors (Lipinski definition) is 1. The molecule has 2 aromatic heterocycles. The standard InChI is InChI=1S/C18H25N5O4S/c1-26-16(25)7-4-8-19-15(24)13-28-18-21-20-17(22-9-2-3-10-22)23(18)12-14-6-5-11-27-14/h5-6,11H,2-4,7-10,12-13H2,1H3,(H,19,24). The molecule has 1 aliphatic rings. The molecule has 0 atom stereocenters. The van der Waals surface area contributed by atoms with Gasteiger partial charge in [-0.15, -0.1) is 10.2 Å². The van der Waals surface area contributed by atoms with E-state index in [1.165, 1.54) is 18.9 Å². The average molecular weight is 407 g/mol. The van der Waals surface area contributed by atoms with E-state index in [0.717, 1.165) is 37.6 Å². The number of carbonyl (C=O) groups excluding carboxylic acids is 2. The molecule has 0 aromatic carbocycles. The van der Waals surface area contributed by atoms with E-state index < -0.39 is 0 Å². The number of hydrogen-bond acceptors (Lipinski definition) is 8. The zero-order valence-corrected chi connectivity index (χ0v) is 16.7. The van der Waals surface area contributed by atoms with Crippen LogP contribution in [0, 0.1) is 0 Å². The van der Waals surface area contributed by atoms with Crippen molar-refractivity contribution in [1.29, 1.82) is 0 Å². The predicted octanol–water partition coefficient (Wildman–Crippen LogP) is 1.68. The van der Waals surface area contributed by atoms with Crippen LogP contribution in [-0.2, 0) is 20.9 Å². The summed E-state index contributed by atoms with van der Waals surface area (Å²) in [6.07, 6.45) is 4.77. The summed E-state index contributed by atoms with van der Waals surface area (Å²) < 4.78 is 12.1. The molecule has 1 fully saturated rings. The topological polar surface area (TPSA) is 102 Å². The van der Waals surface area contributed by atoms with Gasteiger partial charge in [-0.05, 0) is 31.4 Å². The van der Waals surface area contributed by atoms with Crippen molar-refractivity contribution in [2.75, 3.05) is 37.4 Å². The van der Waals surface area contributed by atoms with Gasteiger partial charge in [-0.2, -0.15) is 0 Å². The lowest BCUT2D eigenvalue weighted by Crippen LogP contribution is -2.27. The molecule has 28 heavy (non-hydrogen) atoms. The lowest BCUT2D eigenvalue weighted by atomic mass is 10.3. The quantitative estimate of drug-likeness (QED) is 0.361. The van der Waals surface area contributed by atoms with E-state index in [9.17, 15) is 9.59 Å². The number of nitrogens with zero attached hydrogens (tertiary/aromatic N) is 4. The van der Waals surface area contributed by atoms with Gasteiger partial charge in [0.05, 0.1) is 25.7 Å². The molecule has 0 unspecified atom stereocenters. The van der Waals surface area contributed by atoms with Crippen LogP contribution in [0.3, 0.4) is 0 Å². The fourth-order valence-corrected chi connectivity index (χ4v) is 3.74. The molecule has 0 saturated carbocycles. The van der Waals surface area contributed by atoms with Crippen LogP contribution in [0.25, 0.3) is 0 Å². The van der Waals surface area contributed by atoms with Gasteiger partial charge in [0.25, 0.3) is 0 Å². The highest BCUT2D eigenvalue weighted by molar-refractivity contribution is 7.99. The van der Waals surface area contributed by atoms with Gasteiger partial charge < -0.3 is 19.4 Å². The summed E-state index contributed by atoms with van der Waals surface area (Å²) in [6.45, 7) is 2.88. The van der Waals surface area contributed by atoms with Gasteiger partial charge in [0.15, 0.2) is 5.16 Å². The first kappa shape index (κ1) is 20.2. The number of esters is 1. The number of methoxy groups -OCH3 is 1. The van der Waals surface area contributed by atoms with Crippen molar-refractivity contribution in [1.82, 2.24) is 20.1 Å². The number of amides is 1. The first-order valence-corrected chi connectivity index (χ1v) is 10.3. The predicted molar refractivity (Wildman–Crippen MR) is 104 cm³/mol. The van der Waals surface area contributed by atoms with Crippen LogP contribution in [0.4, 0.5) is 5.95 Å². The maximum Gasteiger partial charge on any atom is 0.305 e. The monoisotopic (exact) mass is 407 g/mol. The largest absolute Gasteiger partial charge is 0.469 e. The maximum absolute atomic E-state index is 12.1. The molecule has 2 aromatic rings. The van der Waals surface area contributed by atoms with Crippen LogP contribution in [0.5, 0.6) is 0 Å². The summed E-state index contributed by atoms with van der Waals surface area (Å²) in [5.41, 5.74) is 0. The molecule has 10 heteroatoms. The fraction of sp³-hybridized carbons (Fsp3) is 0.556. The minimum atomic E-state index is -0.274. The molecule has 1 amide bonds. The van der Waals surface area contributed by atoms with Crippen LogP contribution < -0.4 is 10.2 Å². The van der Waals surface area contributed by atoms with Crippen LogP contribution in [0.15, 0.2) is 28.0 Å². The van der Waals surface area contributed by atoms with Gasteiger partial charge in [-0.25, -0.2) is 0 Å². The molecule has 0 aliphatic carbocycles. The van der Waals surface area contributed by atoms with Gasteiger partial charge in [-0.1, -0.05) is 11.8 Å². The summed E-state index contributed by atoms with van der Waals surface area (Å²) in [6, 6.07) is 3.76. The van der Waals surface area contributed by atoms with E-state index in [-0.39, 0.29) is 17.6 Å². The Labute approximate surface area is 167 Å². The van der Waals surface area contributed by atoms with Crippen LogP contribution in [-0.4, -0.2) is 59.1 Å². The summed E-state index contributed by atoms with van der Waals surface area (Å²) in [5.74, 6) is 1.48. The smallest absolute Gasteiger partial charge is 0.305 e. The summed E-state index contributed by atoms with van der Waals surface area (Å²) in [5, 5.41) is 12.1. The highest BCUT2D eigenvalue weighted by Gasteiger charge is 2.22. The minimum Gasteiger partial charge on any atom is -0.469 e. The first-order valence-electron chi connectivity index (χ1n) is 9.34. The zero-order chi connectivity index (χ0) is 19.8. The molecular formula is C18H25N5O4S. The normalized spacial score (nSPS) is 13.7. The Kier molecular flexibility index (Phi) is 7.35. The molecular weight excluding hydrogens is 382 g/mol. The maximum atomic E-state index is 12.1. The second kappa shape index (κ2) is 10.2. The van der Waals surface area contributed by atoms with Crippen molar-refractivity contribution in [3.8, 4) is 0 Å². The lowest BCUT2D eigenvalue weighted by Gasteiger charge is -2.17. The van der Waals surface area contributed by atoms with E-state index >= 15 is 0 Å². The number of aromatic nitrogens is 3. The highest BCUT2D eigenvalue weighted by Crippen LogP contribution is 2.25. The Morgan fingerprint density at radius 1 is 1.32 bits per heavy atom. The number of rotatable bonds is 10. The van der Waals surface area contributed by atoms with E-state index in [1.807, 2.05) is 16.7 Å². The van der Waals surface area contributed by atoms with Crippen molar-refractivity contribution < 1.29 is 18.7 Å². The minimum absolute atomic E-state index is 0.106. The van der Waals surface area contributed by atoms with Crippen molar-refractivity contribution in [2.45, 2.75) is 37.4 Å². The Bertz CT molecular complexity index is 771. The summed E-state index contributed by atoms with van der Waals surface area (Å²) in [7, 11) is 1.35. The van der Waals surface area contributed by atoms with E-state index in [2.05, 4.69) is 25.2 Å². The Balaban J connectivity index is 1.56. The number of furan rings is 1. The molecule has 3 heterocycles. The number of thioether (sulfide) groups is 1. The molecule has 0 radical (unpaired) electrons. The number of ether oxygens (including phenoxy) is 1. The number of carbonyl (C=O) groups is 2. The van der Waals surface area contributed by atoms with Crippen LogP contribution in [0.2, 0.25) is 0 Å². The number of anilines is 1. The Morgan fingerprint density at radius 3 is 2.86 bits per heavy atom. The Hall–Kier alpha value is -2.49. The second-order valence-electron chi connectivity index (χ2n) is 6.46. The Morgan fingerprint density at radius 2 is 2.14 bits per heavy atom. The van der Waals surface area contributed by atoms with Crippen molar-refractivity contribution in [3.63, 3.8) is 0 Å². The molecule has 1 aliphatic heterocycles. The molecule has 0 spiro atoms. The molecule has 1 saturated heterocycles. The van der Waals surface area contributed by atoms with Crippen LogP contribution in [0.1, 0.15) is 31.4 Å². The SMILES string of the molecule is COC(=O)CCCNC(=O)CSc1nnc(N2CCCC2)n1Cc1ccco1. The molecule has 3 rings (SSSR count). The summed E-state index contributed by atoms with van der Waals surface area (Å²) >= 11 is 1.34. The third-order valence-corrected chi connectivity index (χ3v) is 5.39. The third kappa shape index (κ3) is 5.51. The van der Waals surface area contributed by atoms with Crippen molar-refractivity contribution >= 4 is 29.6 Å². The van der Waals surface area contributed by atoms with Gasteiger partial charge in [0.2, 0.25) is 11.9 Å². The average Bonchev–Trinajstić information content (AvgIpc) is 3.45. The second-order valence-corrected chi connectivity index (χ2v) is 7.40. The van der Waals surface area contributed by atoms with Gasteiger partial charge in [0, 0.05) is 26.1 Å². The number of nitrogens with one attached hydrogen (secondary N) is 1. The van der Waals surface area contributed by atoms with Gasteiger partial charge in [0.1, 0.15) is 5.76 Å². The van der Waals surface area contributed by atoms with Gasteiger partial charge >= 0.3 is 5.97 Å². The van der Waals surface area contributed by atoms with Crippen LogP contribution >= 0.6 is 11.8 Å². The zero-order valence-electron chi connectivity index (χ0n) is 15.9. The van der Waals surface area contributed by atoms with Crippen molar-refractivity contribution in [3.05, 3.63) is 24.2 Å². The van der Waals surface area contributed by atoms with Gasteiger partial charge in [-0.3, -0.25) is 14.2 Å². The molecule has 9 nitrogen and oxygen atoms in total. The molecule has 152 valence electrons. The fourth-order valence-electron chi connectivity index (χ4n) is 2.98. The third-order valence-electron chi connectivity index (χ3n) is 4.42. The van der Waals surface area contributed by atoms with E-state index in [0.29, 0.717) is 31.1 Å². The van der Waals surface area contributed by atoms with E-state index in [4.69, 9.17) is 4.42 Å². The highest BCUT2D eigenvalue weighted by atomic mass is 32.2. The van der Waals surface area contributed by atoms with Crippen molar-refractivity contribution in [2.24, 2.45) is 0 Å². The van der Waals surface area contributed by atoms with E-state index in [1.54, 1.807) is 6.26 Å². The summed E-state index contributed by atoms with van der Waals surface area (Å²) in [4.78, 5) is 25.4. The lowest BCUT2D eigenvalue weighted by molar-refractivity contribution is -0.140. The molecule has 1 N–H and O–H groups in total. The first-order chi connectivity index (χ1) is 13.7. The molecule has 0 bridgehead atoms.